The van der Waals surface area contributed by atoms with Crippen LogP contribution >= 0.6 is 22.9 Å². The molecule has 2 heterocycles. The molecule has 0 aliphatic carbocycles. The molecule has 6 heteroatoms. The largest absolute Gasteiger partial charge is 0.353 e. The summed E-state index contributed by atoms with van der Waals surface area (Å²) in [6, 6.07) is 0. The van der Waals surface area contributed by atoms with Gasteiger partial charge in [0, 0.05) is 18.5 Å². The first-order valence-corrected chi connectivity index (χ1v) is 5.14. The van der Waals surface area contributed by atoms with Crippen molar-refractivity contribution in [3.8, 4) is 0 Å². The van der Waals surface area contributed by atoms with E-state index in [2.05, 4.69) is 10.3 Å². The van der Waals surface area contributed by atoms with Crippen molar-refractivity contribution in [2.45, 2.75) is 0 Å². The monoisotopic (exact) mass is 217 g/mol. The van der Waals surface area contributed by atoms with Gasteiger partial charge in [0.05, 0.1) is 6.54 Å². The molecular formula is C7H8ClN3OS. The molecule has 70 valence electrons. The zero-order chi connectivity index (χ0) is 9.26. The predicted octanol–water partition coefficient (Wildman–Crippen LogP) is 0.733. The third kappa shape index (κ3) is 1.92. The summed E-state index contributed by atoms with van der Waals surface area (Å²) in [5.74, 6) is 0.834. The van der Waals surface area contributed by atoms with E-state index < -0.39 is 0 Å². The molecule has 1 fully saturated rings. The Labute approximate surface area is 84.5 Å². The molecule has 0 unspecified atom stereocenters. The van der Waals surface area contributed by atoms with Gasteiger partial charge in [0.25, 0.3) is 0 Å². The van der Waals surface area contributed by atoms with E-state index in [1.165, 1.54) is 11.3 Å². The summed E-state index contributed by atoms with van der Waals surface area (Å²) >= 11 is 7.08. The number of hydrogen-bond donors (Lipinski definition) is 1. The van der Waals surface area contributed by atoms with Crippen molar-refractivity contribution in [1.29, 1.82) is 0 Å². The highest BCUT2D eigenvalue weighted by molar-refractivity contribution is 7.14. The number of hydrogen-bond acceptors (Lipinski definition) is 4. The zero-order valence-corrected chi connectivity index (χ0v) is 8.36. The number of anilines is 1. The molecular weight excluding hydrogens is 210 g/mol. The van der Waals surface area contributed by atoms with Gasteiger partial charge < -0.3 is 10.2 Å². The topological polar surface area (TPSA) is 45.2 Å². The van der Waals surface area contributed by atoms with Crippen LogP contribution in [0.1, 0.15) is 0 Å². The van der Waals surface area contributed by atoms with E-state index in [4.69, 9.17) is 11.6 Å². The Bertz CT molecular complexity index is 327. The van der Waals surface area contributed by atoms with Crippen LogP contribution in [-0.4, -0.2) is 30.5 Å². The lowest BCUT2D eigenvalue weighted by Crippen LogP contribution is -2.47. The second-order valence-corrected chi connectivity index (χ2v) is 4.17. The fourth-order valence-corrected chi connectivity index (χ4v) is 1.99. The fourth-order valence-electron chi connectivity index (χ4n) is 1.22. The van der Waals surface area contributed by atoms with Gasteiger partial charge in [0.2, 0.25) is 5.91 Å². The van der Waals surface area contributed by atoms with Crippen LogP contribution in [0.3, 0.4) is 0 Å². The third-order valence-electron chi connectivity index (χ3n) is 1.83. The van der Waals surface area contributed by atoms with E-state index >= 15 is 0 Å². The molecule has 0 radical (unpaired) electrons. The van der Waals surface area contributed by atoms with E-state index in [9.17, 15) is 4.79 Å². The molecule has 1 aromatic heterocycles. The minimum absolute atomic E-state index is 0.0374. The molecule has 4 nitrogen and oxygen atoms in total. The number of halogens is 1. The predicted molar refractivity (Wildman–Crippen MR) is 52.3 cm³/mol. The van der Waals surface area contributed by atoms with Crippen LogP contribution in [0.4, 0.5) is 5.82 Å². The van der Waals surface area contributed by atoms with Crippen molar-refractivity contribution in [1.82, 2.24) is 10.3 Å². The molecule has 1 aliphatic heterocycles. The van der Waals surface area contributed by atoms with Crippen LogP contribution in [0.25, 0.3) is 0 Å². The first-order chi connectivity index (χ1) is 6.25. The summed E-state index contributed by atoms with van der Waals surface area (Å²) in [6.07, 6.45) is 0. The lowest BCUT2D eigenvalue weighted by Gasteiger charge is -2.26. The van der Waals surface area contributed by atoms with Crippen LogP contribution in [0.5, 0.6) is 0 Å². The molecule has 1 N–H and O–H groups in total. The Hall–Kier alpha value is -0.810. The average molecular weight is 218 g/mol. The van der Waals surface area contributed by atoms with E-state index in [0.717, 1.165) is 12.4 Å². The van der Waals surface area contributed by atoms with E-state index in [1.54, 1.807) is 0 Å². The van der Waals surface area contributed by atoms with Crippen LogP contribution in [0.2, 0.25) is 4.47 Å². The van der Waals surface area contributed by atoms with Gasteiger partial charge in [-0.2, -0.15) is 0 Å². The van der Waals surface area contributed by atoms with Gasteiger partial charge in [0.1, 0.15) is 5.82 Å². The van der Waals surface area contributed by atoms with E-state index in [-0.39, 0.29) is 5.91 Å². The molecule has 2 rings (SSSR count). The Morgan fingerprint density at radius 1 is 1.69 bits per heavy atom. The number of aromatic nitrogens is 1. The van der Waals surface area contributed by atoms with Crippen molar-refractivity contribution in [3.05, 3.63) is 9.85 Å². The molecule has 13 heavy (non-hydrogen) atoms. The Morgan fingerprint density at radius 2 is 2.54 bits per heavy atom. The van der Waals surface area contributed by atoms with Crippen LogP contribution < -0.4 is 10.2 Å². The summed E-state index contributed by atoms with van der Waals surface area (Å²) in [7, 11) is 0. The van der Waals surface area contributed by atoms with Gasteiger partial charge in [-0.05, 0) is 0 Å². The number of amides is 1. The normalized spacial score (nSPS) is 17.3. The van der Waals surface area contributed by atoms with Gasteiger partial charge in [-0.15, -0.1) is 11.3 Å². The molecule has 0 aromatic carbocycles. The molecule has 1 amide bonds. The fraction of sp³-hybridized carbons (Fsp3) is 0.429. The molecule has 0 spiro atoms. The van der Waals surface area contributed by atoms with E-state index in [0.29, 0.717) is 17.6 Å². The third-order valence-corrected chi connectivity index (χ3v) is 2.79. The van der Waals surface area contributed by atoms with Crippen molar-refractivity contribution in [3.63, 3.8) is 0 Å². The second kappa shape index (κ2) is 3.51. The zero-order valence-electron chi connectivity index (χ0n) is 6.79. The number of thiazole rings is 1. The highest BCUT2D eigenvalue weighted by atomic mass is 35.5. The maximum atomic E-state index is 11.0. The number of nitrogens with one attached hydrogen (secondary N) is 1. The highest BCUT2D eigenvalue weighted by Crippen LogP contribution is 2.22. The molecule has 0 saturated carbocycles. The minimum Gasteiger partial charge on any atom is -0.353 e. The van der Waals surface area contributed by atoms with Gasteiger partial charge in [-0.1, -0.05) is 11.6 Å². The maximum absolute atomic E-state index is 11.0. The molecule has 1 saturated heterocycles. The lowest BCUT2D eigenvalue weighted by atomic mass is 10.3. The Balaban J connectivity index is 2.12. The van der Waals surface area contributed by atoms with Crippen LogP contribution in [0.15, 0.2) is 5.38 Å². The lowest BCUT2D eigenvalue weighted by molar-refractivity contribution is -0.120. The van der Waals surface area contributed by atoms with Crippen molar-refractivity contribution < 1.29 is 4.79 Å². The molecule has 1 aromatic rings. The maximum Gasteiger partial charge on any atom is 0.239 e. The minimum atomic E-state index is 0.0374. The van der Waals surface area contributed by atoms with Gasteiger partial charge in [0.15, 0.2) is 4.47 Å². The van der Waals surface area contributed by atoms with Gasteiger partial charge in [-0.25, -0.2) is 4.98 Å². The number of piperazine rings is 1. The smallest absolute Gasteiger partial charge is 0.239 e. The van der Waals surface area contributed by atoms with Crippen molar-refractivity contribution >= 4 is 34.7 Å². The van der Waals surface area contributed by atoms with Gasteiger partial charge >= 0.3 is 0 Å². The summed E-state index contributed by atoms with van der Waals surface area (Å²) in [6.45, 7) is 1.85. The first-order valence-electron chi connectivity index (χ1n) is 3.88. The van der Waals surface area contributed by atoms with Crippen molar-refractivity contribution in [2.75, 3.05) is 24.5 Å². The molecule has 1 aliphatic rings. The molecule has 0 atom stereocenters. The number of carbonyl (C=O) groups is 1. The summed E-state index contributed by atoms with van der Waals surface area (Å²) < 4.78 is 0.515. The number of carbonyl (C=O) groups excluding carboxylic acids is 1. The van der Waals surface area contributed by atoms with Crippen LogP contribution in [0, 0.1) is 0 Å². The summed E-state index contributed by atoms with van der Waals surface area (Å²) in [5.41, 5.74) is 0. The Morgan fingerprint density at radius 3 is 3.15 bits per heavy atom. The number of nitrogens with zero attached hydrogens (tertiary/aromatic N) is 2. The van der Waals surface area contributed by atoms with Crippen LogP contribution in [-0.2, 0) is 4.79 Å². The number of rotatable bonds is 1. The summed E-state index contributed by atoms with van der Waals surface area (Å²) in [5, 5.41) is 4.61. The van der Waals surface area contributed by atoms with E-state index in [1.807, 2.05) is 10.3 Å². The Kier molecular flexibility index (Phi) is 2.37. The summed E-state index contributed by atoms with van der Waals surface area (Å²) in [4.78, 5) is 17.1. The average Bonchev–Trinajstić information content (AvgIpc) is 2.52. The highest BCUT2D eigenvalue weighted by Gasteiger charge is 2.18. The SMILES string of the molecule is O=C1CN(c2csc(Cl)n2)CCN1. The first kappa shape index (κ1) is 8.77. The standard InChI is InChI=1S/C7H8ClN3OS/c8-7-10-5(4-13-7)11-2-1-9-6(12)3-11/h4H,1-3H2,(H,9,12). The van der Waals surface area contributed by atoms with Gasteiger partial charge in [-0.3, -0.25) is 4.79 Å². The quantitative estimate of drug-likeness (QED) is 0.755. The van der Waals surface area contributed by atoms with Crippen molar-refractivity contribution in [2.24, 2.45) is 0 Å². The molecule has 0 bridgehead atoms. The second-order valence-electron chi connectivity index (χ2n) is 2.73.